The smallest absolute Gasteiger partial charge is 0.224 e. The van der Waals surface area contributed by atoms with E-state index in [1.807, 2.05) is 30.0 Å². The molecule has 8 heteroatoms. The summed E-state index contributed by atoms with van der Waals surface area (Å²) in [6.07, 6.45) is 2.77. The molecule has 1 heterocycles. The zero-order valence-corrected chi connectivity index (χ0v) is 19.6. The molecular formula is C20H33IN4O3. The van der Waals surface area contributed by atoms with Gasteiger partial charge in [-0.05, 0) is 37.8 Å². The second kappa shape index (κ2) is 12.7. The van der Waals surface area contributed by atoms with Gasteiger partial charge in [0.2, 0.25) is 5.91 Å². The first kappa shape index (κ1) is 24.3. The van der Waals surface area contributed by atoms with Gasteiger partial charge in [-0.2, -0.15) is 0 Å². The Morgan fingerprint density at radius 1 is 1.36 bits per heavy atom. The van der Waals surface area contributed by atoms with E-state index in [9.17, 15) is 4.79 Å². The topological polar surface area (TPSA) is 75.2 Å². The van der Waals surface area contributed by atoms with Crippen LogP contribution in [0.1, 0.15) is 33.1 Å². The van der Waals surface area contributed by atoms with Crippen LogP contribution < -0.4 is 20.1 Å². The molecule has 1 aliphatic heterocycles. The number of amides is 1. The number of anilines is 1. The van der Waals surface area contributed by atoms with Crippen molar-refractivity contribution in [2.75, 3.05) is 45.7 Å². The van der Waals surface area contributed by atoms with Crippen molar-refractivity contribution in [2.45, 2.75) is 33.1 Å². The molecule has 1 fully saturated rings. The lowest BCUT2D eigenvalue weighted by Gasteiger charge is -2.31. The van der Waals surface area contributed by atoms with Crippen molar-refractivity contribution in [3.63, 3.8) is 0 Å². The number of nitrogens with zero attached hydrogens (tertiary/aromatic N) is 2. The van der Waals surface area contributed by atoms with Crippen LogP contribution >= 0.6 is 24.0 Å². The van der Waals surface area contributed by atoms with Crippen molar-refractivity contribution in [3.8, 4) is 11.5 Å². The highest BCUT2D eigenvalue weighted by Gasteiger charge is 2.20. The van der Waals surface area contributed by atoms with Gasteiger partial charge in [0.05, 0.1) is 13.7 Å². The molecule has 158 valence electrons. The van der Waals surface area contributed by atoms with Gasteiger partial charge in [-0.15, -0.1) is 24.0 Å². The molecule has 1 aromatic rings. The van der Waals surface area contributed by atoms with Crippen LogP contribution in [-0.2, 0) is 4.79 Å². The summed E-state index contributed by atoms with van der Waals surface area (Å²) in [5.74, 6) is 2.77. The number of likely N-dealkylation sites (tertiary alicyclic amines) is 1. The standard InChI is InChI=1S/C20H32N4O3.HI/c1-5-27-18-13-16(8-9-17(18)26-4)23-20(21-3)22-11-10-19(25)24-12-6-7-15(2)14-24;/h8-9,13,15H,5-7,10-12,14H2,1-4H3,(H2,21,22,23);1H. The van der Waals surface area contributed by atoms with Crippen LogP contribution in [0, 0.1) is 5.92 Å². The van der Waals surface area contributed by atoms with Crippen LogP contribution in [0.2, 0.25) is 0 Å². The molecule has 1 aromatic carbocycles. The largest absolute Gasteiger partial charge is 0.493 e. The quantitative estimate of drug-likeness (QED) is 0.339. The maximum Gasteiger partial charge on any atom is 0.224 e. The molecule has 0 aliphatic carbocycles. The number of piperidine rings is 1. The predicted molar refractivity (Wildman–Crippen MR) is 124 cm³/mol. The highest BCUT2D eigenvalue weighted by Crippen LogP contribution is 2.30. The molecule has 7 nitrogen and oxygen atoms in total. The lowest BCUT2D eigenvalue weighted by Crippen LogP contribution is -2.41. The highest BCUT2D eigenvalue weighted by atomic mass is 127. The molecule has 1 amide bonds. The van der Waals surface area contributed by atoms with Crippen molar-refractivity contribution in [3.05, 3.63) is 18.2 Å². The molecule has 0 bridgehead atoms. The van der Waals surface area contributed by atoms with Crippen molar-refractivity contribution in [1.82, 2.24) is 10.2 Å². The van der Waals surface area contributed by atoms with E-state index in [0.29, 0.717) is 42.9 Å². The first-order valence-corrected chi connectivity index (χ1v) is 9.63. The summed E-state index contributed by atoms with van der Waals surface area (Å²) < 4.78 is 10.9. The number of benzene rings is 1. The van der Waals surface area contributed by atoms with E-state index < -0.39 is 0 Å². The van der Waals surface area contributed by atoms with Gasteiger partial charge in [0.25, 0.3) is 0 Å². The van der Waals surface area contributed by atoms with Crippen molar-refractivity contribution in [1.29, 1.82) is 0 Å². The first-order valence-electron chi connectivity index (χ1n) is 9.63. The average molecular weight is 504 g/mol. The normalized spacial score (nSPS) is 16.8. The molecule has 1 atom stereocenters. The first-order chi connectivity index (χ1) is 13.1. The number of hydrogen-bond donors (Lipinski definition) is 2. The van der Waals surface area contributed by atoms with Gasteiger partial charge in [0.1, 0.15) is 0 Å². The van der Waals surface area contributed by atoms with Gasteiger partial charge in [0, 0.05) is 44.9 Å². The molecule has 28 heavy (non-hydrogen) atoms. The number of rotatable bonds is 7. The van der Waals surface area contributed by atoms with Gasteiger partial charge < -0.3 is 25.0 Å². The van der Waals surface area contributed by atoms with Crippen LogP contribution in [0.3, 0.4) is 0 Å². The number of carbonyl (C=O) groups is 1. The molecule has 1 unspecified atom stereocenters. The molecule has 0 aromatic heterocycles. The summed E-state index contributed by atoms with van der Waals surface area (Å²) in [6.45, 7) is 6.98. The fraction of sp³-hybridized carbons (Fsp3) is 0.600. The van der Waals surface area contributed by atoms with Crippen LogP contribution in [0.5, 0.6) is 11.5 Å². The SMILES string of the molecule is CCOc1cc(NC(=NC)NCCC(=O)N2CCCC(C)C2)ccc1OC.I. The maximum atomic E-state index is 12.4. The second-order valence-corrected chi connectivity index (χ2v) is 6.76. The Hall–Kier alpha value is -1.71. The number of halogens is 1. The number of hydrogen-bond acceptors (Lipinski definition) is 4. The summed E-state index contributed by atoms with van der Waals surface area (Å²) in [7, 11) is 3.32. The molecular weight excluding hydrogens is 471 g/mol. The molecule has 1 aliphatic rings. The fourth-order valence-electron chi connectivity index (χ4n) is 3.20. The lowest BCUT2D eigenvalue weighted by atomic mass is 10.00. The summed E-state index contributed by atoms with van der Waals surface area (Å²) in [5.41, 5.74) is 0.837. The zero-order chi connectivity index (χ0) is 19.6. The minimum atomic E-state index is 0. The van der Waals surface area contributed by atoms with E-state index >= 15 is 0 Å². The third-order valence-electron chi connectivity index (χ3n) is 4.59. The van der Waals surface area contributed by atoms with Gasteiger partial charge in [-0.3, -0.25) is 9.79 Å². The Morgan fingerprint density at radius 2 is 2.14 bits per heavy atom. The Bertz CT molecular complexity index is 654. The molecule has 0 saturated carbocycles. The number of ether oxygens (including phenoxy) is 2. The number of aliphatic imine (C=N–C) groups is 1. The Balaban J connectivity index is 0.00000392. The highest BCUT2D eigenvalue weighted by molar-refractivity contribution is 14.0. The van der Waals surface area contributed by atoms with Crippen molar-refractivity contribution < 1.29 is 14.3 Å². The molecule has 2 N–H and O–H groups in total. The molecule has 0 radical (unpaired) electrons. The molecule has 1 saturated heterocycles. The lowest BCUT2D eigenvalue weighted by molar-refractivity contribution is -0.132. The van der Waals surface area contributed by atoms with Gasteiger partial charge in [-0.25, -0.2) is 0 Å². The zero-order valence-electron chi connectivity index (χ0n) is 17.3. The van der Waals surface area contributed by atoms with Crippen LogP contribution in [0.4, 0.5) is 5.69 Å². The summed E-state index contributed by atoms with van der Waals surface area (Å²) in [4.78, 5) is 18.6. The number of methoxy groups -OCH3 is 1. The van der Waals surface area contributed by atoms with Crippen molar-refractivity contribution in [2.24, 2.45) is 10.9 Å². The van der Waals surface area contributed by atoms with E-state index in [1.54, 1.807) is 14.2 Å². The minimum Gasteiger partial charge on any atom is -0.493 e. The van der Waals surface area contributed by atoms with Gasteiger partial charge >= 0.3 is 0 Å². The van der Waals surface area contributed by atoms with E-state index in [0.717, 1.165) is 25.2 Å². The van der Waals surface area contributed by atoms with E-state index in [1.165, 1.54) is 6.42 Å². The van der Waals surface area contributed by atoms with Crippen LogP contribution in [0.25, 0.3) is 0 Å². The summed E-state index contributed by atoms with van der Waals surface area (Å²) in [5, 5.41) is 6.42. The van der Waals surface area contributed by atoms with Gasteiger partial charge in [-0.1, -0.05) is 6.92 Å². The van der Waals surface area contributed by atoms with E-state index in [4.69, 9.17) is 9.47 Å². The van der Waals surface area contributed by atoms with Crippen LogP contribution in [0.15, 0.2) is 23.2 Å². The second-order valence-electron chi connectivity index (χ2n) is 6.76. The monoisotopic (exact) mass is 504 g/mol. The van der Waals surface area contributed by atoms with Gasteiger partial charge in [0.15, 0.2) is 17.5 Å². The Morgan fingerprint density at radius 3 is 2.79 bits per heavy atom. The third kappa shape index (κ3) is 7.37. The summed E-state index contributed by atoms with van der Waals surface area (Å²) in [6, 6.07) is 5.62. The number of nitrogens with one attached hydrogen (secondary N) is 2. The predicted octanol–water partition coefficient (Wildman–Crippen LogP) is 3.35. The van der Waals surface area contributed by atoms with Crippen molar-refractivity contribution >= 4 is 41.5 Å². The molecule has 2 rings (SSSR count). The number of guanidine groups is 1. The van der Waals surface area contributed by atoms with E-state index in [-0.39, 0.29) is 29.9 Å². The maximum absolute atomic E-state index is 12.4. The fourth-order valence-corrected chi connectivity index (χ4v) is 3.20. The third-order valence-corrected chi connectivity index (χ3v) is 4.59. The molecule has 0 spiro atoms. The number of carbonyl (C=O) groups excluding carboxylic acids is 1. The minimum absolute atomic E-state index is 0. The Labute approximate surface area is 185 Å². The summed E-state index contributed by atoms with van der Waals surface area (Å²) >= 11 is 0. The van der Waals surface area contributed by atoms with E-state index in [2.05, 4.69) is 22.5 Å². The Kier molecular flexibility index (Phi) is 11.0. The van der Waals surface area contributed by atoms with Crippen LogP contribution in [-0.4, -0.2) is 57.2 Å². The average Bonchev–Trinajstić information content (AvgIpc) is 2.67.